The maximum absolute atomic E-state index is 6.07. The second kappa shape index (κ2) is 5.82. The lowest BCUT2D eigenvalue weighted by molar-refractivity contribution is 0.218. The lowest BCUT2D eigenvalue weighted by Gasteiger charge is -2.01. The van der Waals surface area contributed by atoms with Gasteiger partial charge >= 0.3 is 0 Å². The third kappa shape index (κ3) is 2.85. The van der Waals surface area contributed by atoms with E-state index in [1.165, 1.54) is 0 Å². The van der Waals surface area contributed by atoms with Gasteiger partial charge in [-0.15, -0.1) is 11.3 Å². The molecule has 0 saturated heterocycles. The Morgan fingerprint density at radius 2 is 2.38 bits per heavy atom. The van der Waals surface area contributed by atoms with Gasteiger partial charge in [0.1, 0.15) is 15.8 Å². The summed E-state index contributed by atoms with van der Waals surface area (Å²) in [5.74, 6) is 2.51. The van der Waals surface area contributed by atoms with Crippen molar-refractivity contribution >= 4 is 44.9 Å². The first-order valence-corrected chi connectivity index (χ1v) is 7.19. The zero-order valence-corrected chi connectivity index (χ0v) is 11.2. The third-order valence-electron chi connectivity index (χ3n) is 1.99. The van der Waals surface area contributed by atoms with E-state index in [0.29, 0.717) is 5.15 Å². The molecule has 0 bridgehead atoms. The zero-order chi connectivity index (χ0) is 11.4. The Morgan fingerprint density at radius 1 is 1.50 bits per heavy atom. The highest BCUT2D eigenvalue weighted by Crippen LogP contribution is 2.25. The fourth-order valence-electron chi connectivity index (χ4n) is 1.23. The Kier molecular flexibility index (Phi) is 4.40. The lowest BCUT2D eigenvalue weighted by atomic mass is 10.4. The number of ether oxygens (including phenoxy) is 1. The first-order chi connectivity index (χ1) is 7.81. The van der Waals surface area contributed by atoms with Gasteiger partial charge < -0.3 is 4.74 Å². The Balaban J connectivity index is 2.06. The van der Waals surface area contributed by atoms with E-state index in [2.05, 4.69) is 9.97 Å². The first kappa shape index (κ1) is 12.1. The van der Waals surface area contributed by atoms with Gasteiger partial charge in [-0.2, -0.15) is 11.8 Å². The summed E-state index contributed by atoms with van der Waals surface area (Å²) in [5.41, 5.74) is 0. The Hall–Kier alpha value is -0.360. The van der Waals surface area contributed by atoms with Crippen molar-refractivity contribution in [2.75, 3.05) is 19.5 Å². The minimum atomic E-state index is 0.550. The molecular weight excluding hydrogens is 264 g/mol. The van der Waals surface area contributed by atoms with Crippen molar-refractivity contribution in [2.24, 2.45) is 0 Å². The van der Waals surface area contributed by atoms with E-state index in [1.807, 2.05) is 11.4 Å². The van der Waals surface area contributed by atoms with Crippen LogP contribution >= 0.6 is 34.7 Å². The number of hydrogen-bond acceptors (Lipinski definition) is 5. The van der Waals surface area contributed by atoms with E-state index in [0.717, 1.165) is 34.2 Å². The number of fused-ring (bicyclic) bond motifs is 1. The monoisotopic (exact) mass is 274 g/mol. The Morgan fingerprint density at radius 3 is 3.19 bits per heavy atom. The molecule has 2 heterocycles. The van der Waals surface area contributed by atoms with Crippen molar-refractivity contribution < 1.29 is 4.74 Å². The van der Waals surface area contributed by atoms with Crippen LogP contribution in [0.15, 0.2) is 11.4 Å². The van der Waals surface area contributed by atoms with Crippen LogP contribution in [0.3, 0.4) is 0 Å². The van der Waals surface area contributed by atoms with Crippen LogP contribution in [0.4, 0.5) is 0 Å². The van der Waals surface area contributed by atoms with Gasteiger partial charge in [0.2, 0.25) is 0 Å². The van der Waals surface area contributed by atoms with E-state index in [1.54, 1.807) is 30.2 Å². The van der Waals surface area contributed by atoms with Crippen LogP contribution in [-0.2, 0) is 10.5 Å². The molecule has 0 unspecified atom stereocenters. The molecule has 0 spiro atoms. The minimum absolute atomic E-state index is 0.550. The molecule has 0 aliphatic carbocycles. The molecule has 0 aliphatic heterocycles. The number of thiophene rings is 1. The summed E-state index contributed by atoms with van der Waals surface area (Å²) in [6.07, 6.45) is 0. The van der Waals surface area contributed by atoms with Gasteiger partial charge in [0.25, 0.3) is 0 Å². The summed E-state index contributed by atoms with van der Waals surface area (Å²) in [7, 11) is 1.70. The molecule has 0 amide bonds. The summed E-state index contributed by atoms with van der Waals surface area (Å²) in [6.45, 7) is 0.750. The largest absolute Gasteiger partial charge is 0.384 e. The second-order valence-corrected chi connectivity index (χ2v) is 5.47. The maximum atomic E-state index is 6.07. The maximum Gasteiger partial charge on any atom is 0.141 e. The highest BCUT2D eigenvalue weighted by atomic mass is 35.5. The van der Waals surface area contributed by atoms with Crippen molar-refractivity contribution in [1.29, 1.82) is 0 Å². The smallest absolute Gasteiger partial charge is 0.141 e. The van der Waals surface area contributed by atoms with Gasteiger partial charge in [0, 0.05) is 18.2 Å². The van der Waals surface area contributed by atoms with Gasteiger partial charge in [0.15, 0.2) is 0 Å². The van der Waals surface area contributed by atoms with Crippen LogP contribution in [0.2, 0.25) is 5.15 Å². The highest BCUT2D eigenvalue weighted by molar-refractivity contribution is 7.98. The number of nitrogens with zero attached hydrogens (tertiary/aromatic N) is 2. The van der Waals surface area contributed by atoms with Gasteiger partial charge in [-0.1, -0.05) is 11.6 Å². The summed E-state index contributed by atoms with van der Waals surface area (Å²) < 4.78 is 4.98. The van der Waals surface area contributed by atoms with Gasteiger partial charge in [0.05, 0.1) is 12.4 Å². The van der Waals surface area contributed by atoms with Crippen LogP contribution in [-0.4, -0.2) is 29.4 Å². The molecule has 0 radical (unpaired) electrons. The van der Waals surface area contributed by atoms with Crippen LogP contribution in [0.25, 0.3) is 10.2 Å². The summed E-state index contributed by atoms with van der Waals surface area (Å²) in [4.78, 5) is 9.69. The summed E-state index contributed by atoms with van der Waals surface area (Å²) in [6, 6.07) is 1.95. The number of methoxy groups -OCH3 is 1. The molecule has 16 heavy (non-hydrogen) atoms. The van der Waals surface area contributed by atoms with Crippen molar-refractivity contribution in [3.8, 4) is 0 Å². The standard InChI is InChI=1S/C10H11ClN2OS2/c1-14-3-5-15-6-8-12-9(11)7-2-4-16-10(7)13-8/h2,4H,3,5-6H2,1H3. The molecule has 0 fully saturated rings. The van der Waals surface area contributed by atoms with Crippen LogP contribution in [0.5, 0.6) is 0 Å². The van der Waals surface area contributed by atoms with Gasteiger partial charge in [-0.3, -0.25) is 0 Å². The van der Waals surface area contributed by atoms with Crippen molar-refractivity contribution in [3.63, 3.8) is 0 Å². The van der Waals surface area contributed by atoms with Crippen LogP contribution < -0.4 is 0 Å². The van der Waals surface area contributed by atoms with Gasteiger partial charge in [-0.05, 0) is 11.4 Å². The molecule has 2 rings (SSSR count). The first-order valence-electron chi connectivity index (χ1n) is 4.77. The van der Waals surface area contributed by atoms with E-state index in [9.17, 15) is 0 Å². The zero-order valence-electron chi connectivity index (χ0n) is 8.77. The highest BCUT2D eigenvalue weighted by Gasteiger charge is 2.06. The van der Waals surface area contributed by atoms with Crippen molar-refractivity contribution in [2.45, 2.75) is 5.75 Å². The Labute approximate surface area is 107 Å². The molecule has 0 saturated carbocycles. The van der Waals surface area contributed by atoms with E-state index in [4.69, 9.17) is 16.3 Å². The molecule has 0 aliphatic rings. The molecule has 6 heteroatoms. The quantitative estimate of drug-likeness (QED) is 0.619. The molecular formula is C10H11ClN2OS2. The van der Waals surface area contributed by atoms with E-state index < -0.39 is 0 Å². The number of halogens is 1. The SMILES string of the molecule is COCCSCc1nc(Cl)c2ccsc2n1. The van der Waals surface area contributed by atoms with Crippen molar-refractivity contribution in [3.05, 3.63) is 22.4 Å². The predicted octanol–water partition coefficient (Wildman–Crippen LogP) is 3.22. The number of hydrogen-bond donors (Lipinski definition) is 0. The molecule has 2 aromatic rings. The molecule has 2 aromatic heterocycles. The molecule has 86 valence electrons. The average molecular weight is 275 g/mol. The molecule has 0 aromatic carbocycles. The third-order valence-corrected chi connectivity index (χ3v) is 4.00. The number of rotatable bonds is 5. The number of aromatic nitrogens is 2. The summed E-state index contributed by atoms with van der Waals surface area (Å²) >= 11 is 9.40. The fourth-order valence-corrected chi connectivity index (χ4v) is 3.06. The lowest BCUT2D eigenvalue weighted by Crippen LogP contribution is -1.96. The number of thioether (sulfide) groups is 1. The normalized spacial score (nSPS) is 11.1. The fraction of sp³-hybridized carbons (Fsp3) is 0.400. The van der Waals surface area contributed by atoms with E-state index >= 15 is 0 Å². The van der Waals surface area contributed by atoms with Gasteiger partial charge in [-0.25, -0.2) is 9.97 Å². The topological polar surface area (TPSA) is 35.0 Å². The second-order valence-electron chi connectivity index (χ2n) is 3.12. The molecule has 0 N–H and O–H groups in total. The van der Waals surface area contributed by atoms with E-state index in [-0.39, 0.29) is 0 Å². The predicted molar refractivity (Wildman–Crippen MR) is 70.5 cm³/mol. The summed E-state index contributed by atoms with van der Waals surface area (Å²) in [5, 5.41) is 3.47. The minimum Gasteiger partial charge on any atom is -0.384 e. The van der Waals surface area contributed by atoms with Crippen molar-refractivity contribution in [1.82, 2.24) is 9.97 Å². The van der Waals surface area contributed by atoms with Crippen LogP contribution in [0.1, 0.15) is 5.82 Å². The molecule has 0 atom stereocenters. The Bertz CT molecular complexity index is 475. The van der Waals surface area contributed by atoms with Crippen LogP contribution in [0, 0.1) is 0 Å². The average Bonchev–Trinajstić information content (AvgIpc) is 2.73. The molecule has 3 nitrogen and oxygen atoms in total.